The molecular weight excluding hydrogens is 502 g/mol. The molecule has 6 nitrogen and oxygen atoms in total. The molecule has 1 amide bonds. The summed E-state index contributed by atoms with van der Waals surface area (Å²) in [5.74, 6) is -0.0897. The molecule has 1 fully saturated rings. The van der Waals surface area contributed by atoms with Crippen molar-refractivity contribution >= 4 is 17.4 Å². The van der Waals surface area contributed by atoms with E-state index >= 15 is 0 Å². The number of rotatable bonds is 7. The Morgan fingerprint density at radius 2 is 1.57 bits per heavy atom. The number of aliphatic hydroxyl groups excluding tert-OH is 1. The van der Waals surface area contributed by atoms with Gasteiger partial charge in [0.1, 0.15) is 30.0 Å². The maximum Gasteiger partial charge on any atom is 0.295 e. The Labute approximate surface area is 233 Å². The van der Waals surface area contributed by atoms with Crippen LogP contribution >= 0.6 is 0 Å². The minimum Gasteiger partial charge on any atom is -0.507 e. The van der Waals surface area contributed by atoms with E-state index in [9.17, 15) is 14.7 Å². The quantitative estimate of drug-likeness (QED) is 0.174. The highest BCUT2D eigenvalue weighted by molar-refractivity contribution is 6.46. The van der Waals surface area contributed by atoms with Gasteiger partial charge in [-0.1, -0.05) is 72.8 Å². The summed E-state index contributed by atoms with van der Waals surface area (Å²) in [6, 6.07) is 31.4. The Morgan fingerprint density at radius 3 is 2.27 bits per heavy atom. The van der Waals surface area contributed by atoms with Gasteiger partial charge < -0.3 is 19.5 Å². The molecule has 0 spiro atoms. The van der Waals surface area contributed by atoms with Crippen LogP contribution in [0.3, 0.4) is 0 Å². The van der Waals surface area contributed by atoms with Gasteiger partial charge in [-0.25, -0.2) is 0 Å². The molecule has 4 aromatic rings. The van der Waals surface area contributed by atoms with Crippen molar-refractivity contribution in [3.8, 4) is 11.5 Å². The van der Waals surface area contributed by atoms with Gasteiger partial charge in [-0.15, -0.1) is 0 Å². The second-order valence-corrected chi connectivity index (χ2v) is 10.2. The van der Waals surface area contributed by atoms with Crippen molar-refractivity contribution in [2.75, 3.05) is 0 Å². The summed E-state index contributed by atoms with van der Waals surface area (Å²) in [5, 5.41) is 11.5. The van der Waals surface area contributed by atoms with E-state index in [2.05, 4.69) is 0 Å². The molecule has 2 atom stereocenters. The van der Waals surface area contributed by atoms with Crippen LogP contribution in [0.15, 0.2) is 109 Å². The number of benzene rings is 4. The minimum absolute atomic E-state index is 0.0477. The molecule has 40 heavy (non-hydrogen) atoms. The highest BCUT2D eigenvalue weighted by Crippen LogP contribution is 2.41. The summed E-state index contributed by atoms with van der Waals surface area (Å²) < 4.78 is 11.7. The second kappa shape index (κ2) is 10.7. The molecule has 6 heteroatoms. The van der Waals surface area contributed by atoms with Crippen LogP contribution in [0.25, 0.3) is 5.76 Å². The number of ketones is 1. The molecule has 0 saturated carbocycles. The maximum atomic E-state index is 13.5. The van der Waals surface area contributed by atoms with Crippen molar-refractivity contribution in [2.45, 2.75) is 38.6 Å². The Hall–Kier alpha value is -4.84. The van der Waals surface area contributed by atoms with Crippen molar-refractivity contribution in [1.29, 1.82) is 0 Å². The molecule has 0 bridgehead atoms. The minimum atomic E-state index is -0.758. The lowest BCUT2D eigenvalue weighted by Gasteiger charge is -2.25. The van der Waals surface area contributed by atoms with Crippen molar-refractivity contribution in [1.82, 2.24) is 4.90 Å². The predicted molar refractivity (Wildman–Crippen MR) is 152 cm³/mol. The number of ether oxygens (including phenoxy) is 2. The van der Waals surface area contributed by atoms with Gasteiger partial charge in [-0.2, -0.15) is 0 Å². The van der Waals surface area contributed by atoms with Crippen LogP contribution in [0.4, 0.5) is 0 Å². The second-order valence-electron chi connectivity index (χ2n) is 10.2. The first-order chi connectivity index (χ1) is 19.5. The smallest absolute Gasteiger partial charge is 0.295 e. The van der Waals surface area contributed by atoms with E-state index in [1.54, 1.807) is 6.07 Å². The molecule has 0 aromatic heterocycles. The SMILES string of the molecule is C[C@@H]1Cc2cc(/C(O)=C3\C(=O)C(=O)N(Cc4ccccc4)[C@H]3c3ccc(OCc4ccccc4)cc3)ccc2O1. The van der Waals surface area contributed by atoms with E-state index < -0.39 is 17.7 Å². The fourth-order valence-electron chi connectivity index (χ4n) is 5.38. The third-order valence-corrected chi connectivity index (χ3v) is 7.35. The van der Waals surface area contributed by atoms with Gasteiger partial charge in [0.2, 0.25) is 0 Å². The molecule has 0 aliphatic carbocycles. The lowest BCUT2D eigenvalue weighted by molar-refractivity contribution is -0.140. The van der Waals surface area contributed by atoms with Crippen molar-refractivity contribution in [2.24, 2.45) is 0 Å². The van der Waals surface area contributed by atoms with Crippen molar-refractivity contribution in [3.63, 3.8) is 0 Å². The zero-order valence-corrected chi connectivity index (χ0v) is 22.1. The lowest BCUT2D eigenvalue weighted by Crippen LogP contribution is -2.29. The van der Waals surface area contributed by atoms with Gasteiger partial charge in [0.05, 0.1) is 11.6 Å². The summed E-state index contributed by atoms with van der Waals surface area (Å²) >= 11 is 0. The third kappa shape index (κ3) is 4.96. The first kappa shape index (κ1) is 25.4. The molecule has 200 valence electrons. The molecule has 4 aromatic carbocycles. The molecule has 0 radical (unpaired) electrons. The topological polar surface area (TPSA) is 76.1 Å². The van der Waals surface area contributed by atoms with Crippen LogP contribution in [0.2, 0.25) is 0 Å². The van der Waals surface area contributed by atoms with Crippen molar-refractivity contribution in [3.05, 3.63) is 137 Å². The zero-order chi connectivity index (χ0) is 27.6. The Morgan fingerprint density at radius 1 is 0.900 bits per heavy atom. The molecule has 1 saturated heterocycles. The lowest BCUT2D eigenvalue weighted by atomic mass is 9.94. The average Bonchev–Trinajstić information content (AvgIpc) is 3.48. The molecule has 2 heterocycles. The first-order valence-electron chi connectivity index (χ1n) is 13.4. The van der Waals surface area contributed by atoms with Crippen LogP contribution in [0, 0.1) is 0 Å². The Bertz CT molecular complexity index is 1580. The Balaban J connectivity index is 1.37. The summed E-state index contributed by atoms with van der Waals surface area (Å²) in [6.07, 6.45) is 0.763. The number of Topliss-reactive ketones (excluding diaryl/α,β-unsaturated/α-hetero) is 1. The number of aliphatic hydroxyl groups is 1. The van der Waals surface area contributed by atoms with Gasteiger partial charge in [0, 0.05) is 18.5 Å². The molecular formula is C34H29NO5. The Kier molecular flexibility index (Phi) is 6.83. The number of amides is 1. The van der Waals surface area contributed by atoms with Crippen LogP contribution in [0.1, 0.15) is 40.8 Å². The number of hydrogen-bond acceptors (Lipinski definition) is 5. The van der Waals surface area contributed by atoms with E-state index in [0.29, 0.717) is 29.9 Å². The molecule has 2 aliphatic heterocycles. The molecule has 2 aliphatic rings. The molecule has 1 N–H and O–H groups in total. The zero-order valence-electron chi connectivity index (χ0n) is 22.1. The molecule has 6 rings (SSSR count). The van der Waals surface area contributed by atoms with Gasteiger partial charge in [0.15, 0.2) is 0 Å². The molecule has 0 unspecified atom stereocenters. The van der Waals surface area contributed by atoms with E-state index in [0.717, 1.165) is 22.4 Å². The van der Waals surface area contributed by atoms with Crippen molar-refractivity contribution < 1.29 is 24.2 Å². The maximum absolute atomic E-state index is 13.5. The summed E-state index contributed by atoms with van der Waals surface area (Å²) in [4.78, 5) is 28.4. The van der Waals surface area contributed by atoms with Gasteiger partial charge in [0.25, 0.3) is 11.7 Å². The summed E-state index contributed by atoms with van der Waals surface area (Å²) in [5.41, 5.74) is 4.18. The number of nitrogens with zero attached hydrogens (tertiary/aromatic N) is 1. The summed E-state index contributed by atoms with van der Waals surface area (Å²) in [6.45, 7) is 2.64. The van der Waals surface area contributed by atoms with Crippen LogP contribution < -0.4 is 9.47 Å². The van der Waals surface area contributed by atoms with Gasteiger partial charge in [-0.3, -0.25) is 9.59 Å². The number of carbonyl (C=O) groups is 2. The normalized spacial score (nSPS) is 19.4. The number of carbonyl (C=O) groups excluding carboxylic acids is 2. The number of fused-ring (bicyclic) bond motifs is 1. The van der Waals surface area contributed by atoms with E-state index in [-0.39, 0.29) is 24.0 Å². The monoisotopic (exact) mass is 531 g/mol. The average molecular weight is 532 g/mol. The van der Waals surface area contributed by atoms with E-state index in [4.69, 9.17) is 9.47 Å². The third-order valence-electron chi connectivity index (χ3n) is 7.35. The predicted octanol–water partition coefficient (Wildman–Crippen LogP) is 6.21. The fourth-order valence-corrected chi connectivity index (χ4v) is 5.38. The van der Waals surface area contributed by atoms with Crippen LogP contribution in [-0.2, 0) is 29.2 Å². The number of hydrogen-bond donors (Lipinski definition) is 1. The van der Waals surface area contributed by atoms with Crippen LogP contribution in [-0.4, -0.2) is 27.8 Å². The van der Waals surface area contributed by atoms with Gasteiger partial charge in [-0.05, 0) is 59.5 Å². The highest BCUT2D eigenvalue weighted by Gasteiger charge is 2.46. The highest BCUT2D eigenvalue weighted by atomic mass is 16.5. The van der Waals surface area contributed by atoms with E-state index in [1.165, 1.54) is 4.90 Å². The van der Waals surface area contributed by atoms with Gasteiger partial charge >= 0.3 is 0 Å². The number of likely N-dealkylation sites (tertiary alicyclic amines) is 1. The van der Waals surface area contributed by atoms with Crippen LogP contribution in [0.5, 0.6) is 11.5 Å². The summed E-state index contributed by atoms with van der Waals surface area (Å²) in [7, 11) is 0. The van der Waals surface area contributed by atoms with E-state index in [1.807, 2.05) is 104 Å². The first-order valence-corrected chi connectivity index (χ1v) is 13.4. The standard InChI is InChI=1S/C34H29NO5/c1-22-18-27-19-26(14-17-29(27)40-22)32(36)30-31(35(34(38)33(30)37)20-23-8-4-2-5-9-23)25-12-15-28(16-13-25)39-21-24-10-6-3-7-11-24/h2-17,19,22,31,36H,18,20-21H2,1H3/b32-30+/t22-,31+/m1/s1. The fraction of sp³-hybridized carbons (Fsp3) is 0.176. The largest absolute Gasteiger partial charge is 0.507 e.